The lowest BCUT2D eigenvalue weighted by molar-refractivity contribution is -0.297. The summed E-state index contributed by atoms with van der Waals surface area (Å²) in [5, 5.41) is 37.9. The molecule has 1 aliphatic heterocycles. The fourth-order valence-corrected chi connectivity index (χ4v) is 1.69. The Kier molecular flexibility index (Phi) is 6.53. The lowest BCUT2D eigenvalue weighted by atomic mass is 9.99. The van der Waals surface area contributed by atoms with Crippen LogP contribution in [0.5, 0.6) is 0 Å². The minimum Gasteiger partial charge on any atom is -0.460 e. The van der Waals surface area contributed by atoms with Crippen molar-refractivity contribution in [1.82, 2.24) is 0 Å². The third-order valence-electron chi connectivity index (χ3n) is 2.82. The molecule has 20 heavy (non-hydrogen) atoms. The summed E-state index contributed by atoms with van der Waals surface area (Å²) in [5.41, 5.74) is 0.243. The molecule has 0 aromatic rings. The van der Waals surface area contributed by atoms with E-state index in [-0.39, 0.29) is 18.8 Å². The molecule has 1 unspecified atom stereocenters. The standard InChI is InChI=1S/C12H20O8/c1-6(2)11(16)19-4-3-18-10-9(15)8(14)7(5-13)20-12(10)17/h7-10,12-15,17H,1,3-5H2,2H3/t7-,8-,9+,10-,12?/m1/s1. The second-order valence-corrected chi connectivity index (χ2v) is 4.48. The second kappa shape index (κ2) is 7.67. The molecule has 0 aliphatic carbocycles. The molecule has 1 aliphatic rings. The molecule has 0 radical (unpaired) electrons. The van der Waals surface area contributed by atoms with Gasteiger partial charge < -0.3 is 34.6 Å². The predicted molar refractivity (Wildman–Crippen MR) is 65.5 cm³/mol. The van der Waals surface area contributed by atoms with Gasteiger partial charge in [-0.2, -0.15) is 0 Å². The Bertz CT molecular complexity index is 344. The first-order valence-corrected chi connectivity index (χ1v) is 6.13. The summed E-state index contributed by atoms with van der Waals surface area (Å²) in [7, 11) is 0. The Balaban J connectivity index is 2.39. The van der Waals surface area contributed by atoms with Gasteiger partial charge >= 0.3 is 5.97 Å². The van der Waals surface area contributed by atoms with E-state index in [1.54, 1.807) is 0 Å². The van der Waals surface area contributed by atoms with Crippen LogP contribution in [0.25, 0.3) is 0 Å². The summed E-state index contributed by atoms with van der Waals surface area (Å²) < 4.78 is 14.8. The number of rotatable bonds is 6. The lowest BCUT2D eigenvalue weighted by Crippen LogP contribution is -2.59. The average molecular weight is 292 g/mol. The molecule has 1 fully saturated rings. The van der Waals surface area contributed by atoms with Gasteiger partial charge in [-0.25, -0.2) is 4.79 Å². The maximum atomic E-state index is 11.1. The monoisotopic (exact) mass is 292 g/mol. The highest BCUT2D eigenvalue weighted by Crippen LogP contribution is 2.21. The number of aliphatic hydroxyl groups excluding tert-OH is 4. The SMILES string of the molecule is C=C(C)C(=O)OCCO[C@H]1C(O)O[C@H](CO)[C@@H](O)[C@@H]1O. The number of hydrogen-bond acceptors (Lipinski definition) is 8. The first kappa shape index (κ1) is 17.0. The van der Waals surface area contributed by atoms with Crippen molar-refractivity contribution >= 4 is 5.97 Å². The Morgan fingerprint density at radius 1 is 1.25 bits per heavy atom. The molecule has 0 aromatic carbocycles. The second-order valence-electron chi connectivity index (χ2n) is 4.48. The van der Waals surface area contributed by atoms with Gasteiger partial charge in [0.15, 0.2) is 6.29 Å². The number of aliphatic hydroxyl groups is 4. The van der Waals surface area contributed by atoms with E-state index in [4.69, 9.17) is 19.3 Å². The van der Waals surface area contributed by atoms with Gasteiger partial charge in [-0.1, -0.05) is 6.58 Å². The van der Waals surface area contributed by atoms with Gasteiger partial charge in [0, 0.05) is 5.57 Å². The van der Waals surface area contributed by atoms with E-state index in [0.717, 1.165) is 0 Å². The van der Waals surface area contributed by atoms with Crippen molar-refractivity contribution in [3.8, 4) is 0 Å². The molecule has 1 heterocycles. The van der Waals surface area contributed by atoms with Gasteiger partial charge in [-0.3, -0.25) is 0 Å². The minimum atomic E-state index is -1.50. The summed E-state index contributed by atoms with van der Waals surface area (Å²) in [5.74, 6) is -0.574. The van der Waals surface area contributed by atoms with E-state index in [9.17, 15) is 20.1 Å². The zero-order chi connectivity index (χ0) is 15.3. The molecule has 1 saturated heterocycles. The average Bonchev–Trinajstić information content (AvgIpc) is 2.41. The highest BCUT2D eigenvalue weighted by Gasteiger charge is 2.44. The van der Waals surface area contributed by atoms with Crippen molar-refractivity contribution < 1.29 is 39.4 Å². The van der Waals surface area contributed by atoms with Crippen LogP contribution in [-0.2, 0) is 19.0 Å². The molecular weight excluding hydrogens is 272 g/mol. The van der Waals surface area contributed by atoms with Crippen LogP contribution < -0.4 is 0 Å². The number of hydrogen-bond donors (Lipinski definition) is 4. The summed E-state index contributed by atoms with van der Waals surface area (Å²) >= 11 is 0. The molecule has 1 rings (SSSR count). The zero-order valence-corrected chi connectivity index (χ0v) is 11.1. The van der Waals surface area contributed by atoms with E-state index in [1.165, 1.54) is 6.92 Å². The van der Waals surface area contributed by atoms with Crippen LogP contribution in [0.3, 0.4) is 0 Å². The molecule has 4 N–H and O–H groups in total. The molecule has 0 bridgehead atoms. The number of carbonyl (C=O) groups is 1. The van der Waals surface area contributed by atoms with Crippen LogP contribution in [0.1, 0.15) is 6.92 Å². The van der Waals surface area contributed by atoms with Crippen LogP contribution in [0.4, 0.5) is 0 Å². The van der Waals surface area contributed by atoms with E-state index in [1.807, 2.05) is 0 Å². The molecule has 0 saturated carbocycles. The topological polar surface area (TPSA) is 126 Å². The number of esters is 1. The maximum Gasteiger partial charge on any atom is 0.333 e. The van der Waals surface area contributed by atoms with E-state index < -0.39 is 43.3 Å². The third kappa shape index (κ3) is 4.23. The molecule has 8 nitrogen and oxygen atoms in total. The summed E-state index contributed by atoms with van der Waals surface area (Å²) in [4.78, 5) is 11.1. The van der Waals surface area contributed by atoms with Gasteiger partial charge in [0.2, 0.25) is 0 Å². The van der Waals surface area contributed by atoms with Crippen LogP contribution >= 0.6 is 0 Å². The molecule has 0 aromatic heterocycles. The van der Waals surface area contributed by atoms with E-state index in [0.29, 0.717) is 0 Å². The van der Waals surface area contributed by atoms with Crippen molar-refractivity contribution in [3.63, 3.8) is 0 Å². The molecule has 0 spiro atoms. The van der Waals surface area contributed by atoms with Crippen LogP contribution in [0.2, 0.25) is 0 Å². The van der Waals surface area contributed by atoms with Crippen molar-refractivity contribution in [2.24, 2.45) is 0 Å². The fourth-order valence-electron chi connectivity index (χ4n) is 1.69. The highest BCUT2D eigenvalue weighted by molar-refractivity contribution is 5.86. The Labute approximate surface area is 116 Å². The van der Waals surface area contributed by atoms with Crippen molar-refractivity contribution in [3.05, 3.63) is 12.2 Å². The largest absolute Gasteiger partial charge is 0.460 e. The summed E-state index contributed by atoms with van der Waals surface area (Å²) in [6.07, 6.45) is -6.58. The Morgan fingerprint density at radius 3 is 2.45 bits per heavy atom. The van der Waals surface area contributed by atoms with Gasteiger partial charge in [-0.05, 0) is 6.92 Å². The first-order valence-electron chi connectivity index (χ1n) is 6.13. The number of carbonyl (C=O) groups excluding carboxylic acids is 1. The molecule has 8 heteroatoms. The number of ether oxygens (including phenoxy) is 3. The summed E-state index contributed by atoms with van der Waals surface area (Å²) in [6.45, 7) is 4.16. The zero-order valence-electron chi connectivity index (χ0n) is 11.1. The molecular formula is C12H20O8. The van der Waals surface area contributed by atoms with Gasteiger partial charge in [-0.15, -0.1) is 0 Å². The van der Waals surface area contributed by atoms with Crippen molar-refractivity contribution in [2.45, 2.75) is 37.6 Å². The quantitative estimate of drug-likeness (QED) is 0.250. The van der Waals surface area contributed by atoms with Gasteiger partial charge in [0.25, 0.3) is 0 Å². The molecule has 0 amide bonds. The molecule has 5 atom stereocenters. The van der Waals surface area contributed by atoms with Crippen molar-refractivity contribution in [2.75, 3.05) is 19.8 Å². The van der Waals surface area contributed by atoms with Crippen molar-refractivity contribution in [1.29, 1.82) is 0 Å². The van der Waals surface area contributed by atoms with Gasteiger partial charge in [0.05, 0.1) is 13.2 Å². The van der Waals surface area contributed by atoms with Gasteiger partial charge in [0.1, 0.15) is 31.0 Å². The third-order valence-corrected chi connectivity index (χ3v) is 2.82. The first-order chi connectivity index (χ1) is 9.38. The Morgan fingerprint density at radius 2 is 1.90 bits per heavy atom. The normalized spacial score (nSPS) is 33.8. The van der Waals surface area contributed by atoms with E-state index >= 15 is 0 Å². The van der Waals surface area contributed by atoms with Crippen LogP contribution in [0, 0.1) is 0 Å². The fraction of sp³-hybridized carbons (Fsp3) is 0.750. The van der Waals surface area contributed by atoms with Crippen LogP contribution in [-0.4, -0.2) is 76.9 Å². The van der Waals surface area contributed by atoms with Crippen LogP contribution in [0.15, 0.2) is 12.2 Å². The predicted octanol–water partition coefficient (Wildman–Crippen LogP) is -2.08. The smallest absolute Gasteiger partial charge is 0.333 e. The Hall–Kier alpha value is -1.03. The maximum absolute atomic E-state index is 11.1. The minimum absolute atomic E-state index is 0.0961. The molecule has 116 valence electrons. The lowest BCUT2D eigenvalue weighted by Gasteiger charge is -2.39. The highest BCUT2D eigenvalue weighted by atomic mass is 16.7. The van der Waals surface area contributed by atoms with E-state index in [2.05, 4.69) is 6.58 Å². The summed E-state index contributed by atoms with van der Waals surface area (Å²) in [6, 6.07) is 0.